The van der Waals surface area contributed by atoms with Gasteiger partial charge in [-0.05, 0) is 36.4 Å². The largest absolute Gasteiger partial charge is 0.416 e. The molecule has 5 nitrogen and oxygen atoms in total. The first-order chi connectivity index (χ1) is 13.6. The summed E-state index contributed by atoms with van der Waals surface area (Å²) in [6.07, 6.45) is -7.81. The van der Waals surface area contributed by atoms with Crippen LogP contribution in [0.2, 0.25) is 10.0 Å². The molecule has 0 atom stereocenters. The van der Waals surface area contributed by atoms with E-state index >= 15 is 0 Å². The molecule has 0 aliphatic heterocycles. The first-order valence-electron chi connectivity index (χ1n) is 7.75. The molecule has 1 N–H and O–H groups in total. The van der Waals surface area contributed by atoms with Gasteiger partial charge in [-0.15, -0.1) is 5.10 Å². The summed E-state index contributed by atoms with van der Waals surface area (Å²) in [5.41, 5.74) is -2.85. The van der Waals surface area contributed by atoms with Crippen molar-refractivity contribution in [2.24, 2.45) is 0 Å². The Morgan fingerprint density at radius 3 is 2.31 bits per heavy atom. The molecule has 12 heteroatoms. The highest BCUT2D eigenvalue weighted by atomic mass is 35.5. The highest BCUT2D eigenvalue weighted by Crippen LogP contribution is 2.31. The Morgan fingerprint density at radius 2 is 1.72 bits per heavy atom. The Balaban J connectivity index is 1.97. The van der Waals surface area contributed by atoms with E-state index in [4.69, 9.17) is 23.2 Å². The van der Waals surface area contributed by atoms with Crippen molar-refractivity contribution in [3.05, 3.63) is 69.5 Å². The molecule has 29 heavy (non-hydrogen) atoms. The van der Waals surface area contributed by atoms with E-state index in [0.717, 1.165) is 12.1 Å². The smallest absolute Gasteiger partial charge is 0.321 e. The number of benzene rings is 2. The van der Waals surface area contributed by atoms with Crippen LogP contribution in [0.25, 0.3) is 5.69 Å². The Bertz CT molecular complexity index is 1050. The van der Waals surface area contributed by atoms with Crippen molar-refractivity contribution >= 4 is 34.8 Å². The van der Waals surface area contributed by atoms with Crippen LogP contribution < -0.4 is 5.32 Å². The topological polar surface area (TPSA) is 59.8 Å². The molecular weight excluding hydrogens is 442 g/mol. The first-order valence-corrected chi connectivity index (χ1v) is 8.50. The number of nitrogens with zero attached hydrogens (tertiary/aromatic N) is 3. The van der Waals surface area contributed by atoms with Gasteiger partial charge in [0.15, 0.2) is 5.69 Å². The normalized spacial score (nSPS) is 11.7. The fourth-order valence-electron chi connectivity index (χ4n) is 2.46. The minimum absolute atomic E-state index is 0.0309. The third-order valence-electron chi connectivity index (χ3n) is 3.67. The lowest BCUT2D eigenvalue weighted by Crippen LogP contribution is -2.16. The number of hydrogen-bond acceptors (Lipinski definition) is 3. The summed E-state index contributed by atoms with van der Waals surface area (Å²) >= 11 is 11.7. The van der Waals surface area contributed by atoms with E-state index in [1.54, 1.807) is 0 Å². The summed E-state index contributed by atoms with van der Waals surface area (Å²) in [6, 6.07) is 7.64. The number of nitrogens with one attached hydrogen (secondary N) is 1. The Kier molecular flexibility index (Phi) is 5.76. The molecule has 1 amide bonds. The van der Waals surface area contributed by atoms with Crippen molar-refractivity contribution in [3.8, 4) is 5.69 Å². The van der Waals surface area contributed by atoms with Gasteiger partial charge in [-0.3, -0.25) is 4.79 Å². The van der Waals surface area contributed by atoms with E-state index in [9.17, 15) is 26.7 Å². The van der Waals surface area contributed by atoms with Gasteiger partial charge in [0.1, 0.15) is 5.69 Å². The molecule has 0 fully saturated rings. The van der Waals surface area contributed by atoms with Crippen molar-refractivity contribution in [2.45, 2.75) is 12.6 Å². The highest BCUT2D eigenvalue weighted by molar-refractivity contribution is 6.34. The molecule has 2 aromatic carbocycles. The fraction of sp³-hybridized carbons (Fsp3) is 0.118. The first kappa shape index (κ1) is 21.0. The molecule has 0 spiro atoms. The third-order valence-corrected chi connectivity index (χ3v) is 4.10. The van der Waals surface area contributed by atoms with Crippen molar-refractivity contribution in [2.75, 3.05) is 5.32 Å². The number of alkyl halides is 5. The summed E-state index contributed by atoms with van der Waals surface area (Å²) in [5.74, 6) is -1.15. The maximum atomic E-state index is 13.6. The molecule has 0 radical (unpaired) electrons. The van der Waals surface area contributed by atoms with Gasteiger partial charge in [0.2, 0.25) is 0 Å². The van der Waals surface area contributed by atoms with Crippen molar-refractivity contribution < 1.29 is 26.7 Å². The van der Waals surface area contributed by atoms with E-state index in [2.05, 4.69) is 15.6 Å². The minimum atomic E-state index is -4.64. The van der Waals surface area contributed by atoms with Gasteiger partial charge in [-0.2, -0.15) is 13.2 Å². The Morgan fingerprint density at radius 1 is 1.07 bits per heavy atom. The van der Waals surface area contributed by atoms with Gasteiger partial charge < -0.3 is 5.32 Å². The second-order valence-corrected chi connectivity index (χ2v) is 6.57. The summed E-state index contributed by atoms with van der Waals surface area (Å²) < 4.78 is 66.3. The Hall–Kier alpha value is -2.72. The molecule has 3 aromatic rings. The lowest BCUT2D eigenvalue weighted by atomic mass is 10.2. The van der Waals surface area contributed by atoms with Crippen LogP contribution in [0.3, 0.4) is 0 Å². The lowest BCUT2D eigenvalue weighted by molar-refractivity contribution is -0.137. The van der Waals surface area contributed by atoms with Gasteiger partial charge in [0.05, 0.1) is 11.3 Å². The number of carbonyl (C=O) groups excluding carboxylic acids is 1. The van der Waals surface area contributed by atoms with E-state index in [1.807, 2.05) is 0 Å². The molecule has 152 valence electrons. The zero-order chi connectivity index (χ0) is 21.3. The maximum absolute atomic E-state index is 13.6. The average molecular weight is 451 g/mol. The zero-order valence-corrected chi connectivity index (χ0v) is 15.5. The van der Waals surface area contributed by atoms with Gasteiger partial charge in [0, 0.05) is 15.7 Å². The molecule has 1 aromatic heterocycles. The zero-order valence-electron chi connectivity index (χ0n) is 14.0. The summed E-state index contributed by atoms with van der Waals surface area (Å²) in [4.78, 5) is 12.4. The molecule has 0 bridgehead atoms. The molecule has 1 heterocycles. The SMILES string of the molecule is O=C(Nc1cccc(C(F)(F)F)c1)c1nnn(-c2cc(Cl)cc(Cl)c2)c1C(F)F. The predicted octanol–water partition coefficient (Wildman–Crippen LogP) is 5.78. The maximum Gasteiger partial charge on any atom is 0.416 e. The lowest BCUT2D eigenvalue weighted by Gasteiger charge is -2.10. The van der Waals surface area contributed by atoms with Gasteiger partial charge in [-0.25, -0.2) is 13.5 Å². The molecule has 0 unspecified atom stereocenters. The van der Waals surface area contributed by atoms with Crippen LogP contribution in [-0.2, 0) is 6.18 Å². The number of carbonyl (C=O) groups is 1. The number of amides is 1. The van der Waals surface area contributed by atoms with E-state index in [0.29, 0.717) is 10.7 Å². The van der Waals surface area contributed by atoms with E-state index < -0.39 is 35.5 Å². The monoisotopic (exact) mass is 450 g/mol. The van der Waals surface area contributed by atoms with Gasteiger partial charge in [0.25, 0.3) is 12.3 Å². The molecular formula is C17H9Cl2F5N4O. The second kappa shape index (κ2) is 7.96. The Labute approximate surface area is 170 Å². The van der Waals surface area contributed by atoms with Crippen LogP contribution in [0.1, 0.15) is 28.2 Å². The van der Waals surface area contributed by atoms with Crippen LogP contribution >= 0.6 is 23.2 Å². The average Bonchev–Trinajstić information content (AvgIpc) is 3.06. The fourth-order valence-corrected chi connectivity index (χ4v) is 2.98. The molecule has 3 rings (SSSR count). The summed E-state index contributed by atoms with van der Waals surface area (Å²) in [5, 5.41) is 9.38. The third kappa shape index (κ3) is 4.65. The molecule has 0 aliphatic carbocycles. The van der Waals surface area contributed by atoms with E-state index in [1.165, 1.54) is 24.3 Å². The number of rotatable bonds is 4. The van der Waals surface area contributed by atoms with Crippen LogP contribution in [-0.4, -0.2) is 20.9 Å². The number of aromatic nitrogens is 3. The van der Waals surface area contributed by atoms with Crippen LogP contribution in [0.15, 0.2) is 42.5 Å². The summed E-state index contributed by atoms with van der Waals surface area (Å²) in [7, 11) is 0. The quantitative estimate of drug-likeness (QED) is 0.512. The van der Waals surface area contributed by atoms with Gasteiger partial charge in [-0.1, -0.05) is 34.5 Å². The van der Waals surface area contributed by atoms with Crippen LogP contribution in [0, 0.1) is 0 Å². The van der Waals surface area contributed by atoms with Crippen molar-refractivity contribution in [3.63, 3.8) is 0 Å². The summed E-state index contributed by atoms with van der Waals surface area (Å²) in [6.45, 7) is 0. The molecule has 0 aliphatic rings. The predicted molar refractivity (Wildman–Crippen MR) is 95.7 cm³/mol. The molecule has 0 saturated carbocycles. The number of hydrogen-bond donors (Lipinski definition) is 1. The van der Waals surface area contributed by atoms with Crippen molar-refractivity contribution in [1.82, 2.24) is 15.0 Å². The number of halogens is 7. The van der Waals surface area contributed by atoms with Crippen LogP contribution in [0.4, 0.5) is 27.6 Å². The minimum Gasteiger partial charge on any atom is -0.321 e. The van der Waals surface area contributed by atoms with Crippen molar-refractivity contribution in [1.29, 1.82) is 0 Å². The standard InChI is InChI=1S/C17H9Cl2F5N4O/c18-9-5-10(19)7-12(6-9)28-14(15(20)21)13(26-27-28)16(29)25-11-3-1-2-8(4-11)17(22,23)24/h1-7,15H,(H,25,29). The number of anilines is 1. The van der Waals surface area contributed by atoms with Gasteiger partial charge >= 0.3 is 6.18 Å². The second-order valence-electron chi connectivity index (χ2n) is 5.70. The molecule has 0 saturated heterocycles. The van der Waals surface area contributed by atoms with Crippen LogP contribution in [0.5, 0.6) is 0 Å². The highest BCUT2D eigenvalue weighted by Gasteiger charge is 2.31. The van der Waals surface area contributed by atoms with E-state index in [-0.39, 0.29) is 21.4 Å².